The molecule has 98 valence electrons. The van der Waals surface area contributed by atoms with Crippen LogP contribution in [0.5, 0.6) is 0 Å². The Morgan fingerprint density at radius 1 is 1.44 bits per heavy atom. The van der Waals surface area contributed by atoms with E-state index in [1.54, 1.807) is 32.0 Å². The summed E-state index contributed by atoms with van der Waals surface area (Å²) < 4.78 is 0. The predicted octanol–water partition coefficient (Wildman–Crippen LogP) is 2.49. The molecule has 18 heavy (non-hydrogen) atoms. The lowest BCUT2D eigenvalue weighted by Gasteiger charge is -2.10. The van der Waals surface area contributed by atoms with Gasteiger partial charge in [0.05, 0.1) is 5.92 Å². The average molecular weight is 270 g/mol. The van der Waals surface area contributed by atoms with Crippen LogP contribution in [0.15, 0.2) is 18.2 Å². The van der Waals surface area contributed by atoms with Gasteiger partial charge in [-0.1, -0.05) is 24.6 Å². The van der Waals surface area contributed by atoms with Crippen molar-refractivity contribution >= 4 is 23.5 Å². The molecule has 2 N–H and O–H groups in total. The van der Waals surface area contributed by atoms with Crippen molar-refractivity contribution in [3.05, 3.63) is 34.3 Å². The van der Waals surface area contributed by atoms with Crippen molar-refractivity contribution in [2.75, 3.05) is 6.54 Å². The Morgan fingerprint density at radius 2 is 2.11 bits per heavy atom. The molecule has 0 aliphatic carbocycles. The molecule has 1 aromatic rings. The van der Waals surface area contributed by atoms with Crippen LogP contribution in [0.4, 0.5) is 0 Å². The molecule has 1 unspecified atom stereocenters. The number of carbonyl (C=O) groups is 2. The smallest absolute Gasteiger partial charge is 0.306 e. The summed E-state index contributed by atoms with van der Waals surface area (Å²) in [5, 5.41) is 11.9. The van der Waals surface area contributed by atoms with Gasteiger partial charge in [-0.25, -0.2) is 0 Å². The average Bonchev–Trinajstić information content (AvgIpc) is 2.32. The van der Waals surface area contributed by atoms with E-state index < -0.39 is 11.9 Å². The minimum absolute atomic E-state index is 0.229. The van der Waals surface area contributed by atoms with Crippen molar-refractivity contribution in [2.24, 2.45) is 5.92 Å². The minimum Gasteiger partial charge on any atom is -0.481 e. The summed E-state index contributed by atoms with van der Waals surface area (Å²) in [4.78, 5) is 22.5. The molecular weight excluding hydrogens is 254 g/mol. The normalized spacial score (nSPS) is 11.9. The molecule has 1 amide bonds. The molecule has 0 aliphatic heterocycles. The van der Waals surface area contributed by atoms with Gasteiger partial charge in [0.1, 0.15) is 0 Å². The largest absolute Gasteiger partial charge is 0.481 e. The molecule has 4 nitrogen and oxygen atoms in total. The Balaban J connectivity index is 2.56. The molecule has 0 spiro atoms. The van der Waals surface area contributed by atoms with Crippen LogP contribution in [-0.4, -0.2) is 23.5 Å². The zero-order valence-corrected chi connectivity index (χ0v) is 11.1. The van der Waals surface area contributed by atoms with E-state index in [0.29, 0.717) is 23.6 Å². The van der Waals surface area contributed by atoms with Crippen molar-refractivity contribution < 1.29 is 14.7 Å². The second-order valence-corrected chi connectivity index (χ2v) is 4.60. The predicted molar refractivity (Wildman–Crippen MR) is 69.9 cm³/mol. The molecule has 5 heteroatoms. The topological polar surface area (TPSA) is 66.4 Å². The first-order chi connectivity index (χ1) is 8.43. The molecular formula is C13H16ClNO3. The molecule has 0 saturated carbocycles. The molecule has 1 rings (SSSR count). The zero-order valence-electron chi connectivity index (χ0n) is 10.4. The van der Waals surface area contributed by atoms with Gasteiger partial charge >= 0.3 is 5.97 Å². The lowest BCUT2D eigenvalue weighted by atomic mass is 10.1. The number of hydrogen-bond donors (Lipinski definition) is 2. The van der Waals surface area contributed by atoms with Crippen LogP contribution in [0.25, 0.3) is 0 Å². The highest BCUT2D eigenvalue weighted by Crippen LogP contribution is 2.18. The third kappa shape index (κ3) is 3.74. The monoisotopic (exact) mass is 269 g/mol. The van der Waals surface area contributed by atoms with Crippen molar-refractivity contribution in [1.29, 1.82) is 0 Å². The van der Waals surface area contributed by atoms with Gasteiger partial charge in [-0.3, -0.25) is 9.59 Å². The lowest BCUT2D eigenvalue weighted by molar-refractivity contribution is -0.141. The van der Waals surface area contributed by atoms with Crippen LogP contribution in [0.3, 0.4) is 0 Å². The minimum atomic E-state index is -0.858. The van der Waals surface area contributed by atoms with Gasteiger partial charge in [-0.15, -0.1) is 0 Å². The number of nitrogens with one attached hydrogen (secondary N) is 1. The van der Waals surface area contributed by atoms with Crippen molar-refractivity contribution in [2.45, 2.75) is 20.3 Å². The summed E-state index contributed by atoms with van der Waals surface area (Å²) in [7, 11) is 0. The second-order valence-electron chi connectivity index (χ2n) is 4.20. The Hall–Kier alpha value is -1.55. The van der Waals surface area contributed by atoms with E-state index >= 15 is 0 Å². The summed E-state index contributed by atoms with van der Waals surface area (Å²) >= 11 is 5.93. The summed E-state index contributed by atoms with van der Waals surface area (Å²) in [6.45, 7) is 3.72. The third-order valence-electron chi connectivity index (χ3n) is 2.80. The van der Waals surface area contributed by atoms with Crippen molar-refractivity contribution in [3.8, 4) is 0 Å². The molecule has 0 heterocycles. The van der Waals surface area contributed by atoms with Gasteiger partial charge in [-0.2, -0.15) is 0 Å². The first-order valence-corrected chi connectivity index (χ1v) is 6.07. The van der Waals surface area contributed by atoms with E-state index in [2.05, 4.69) is 5.32 Å². The number of aliphatic carboxylic acids is 1. The van der Waals surface area contributed by atoms with E-state index in [1.807, 2.05) is 0 Å². The Bertz CT molecular complexity index is 460. The highest BCUT2D eigenvalue weighted by atomic mass is 35.5. The van der Waals surface area contributed by atoms with Crippen LogP contribution in [-0.2, 0) is 4.79 Å². The molecule has 1 atom stereocenters. The van der Waals surface area contributed by atoms with Gasteiger partial charge < -0.3 is 10.4 Å². The molecule has 0 bridgehead atoms. The highest BCUT2D eigenvalue weighted by molar-refractivity contribution is 6.31. The van der Waals surface area contributed by atoms with Gasteiger partial charge in [0, 0.05) is 17.1 Å². The SMILES string of the molecule is Cc1c(Cl)cccc1C(=O)NCCC(C)C(=O)O. The number of rotatable bonds is 5. The number of amides is 1. The molecule has 0 saturated heterocycles. The molecule has 0 fully saturated rings. The van der Waals surface area contributed by atoms with E-state index in [9.17, 15) is 9.59 Å². The van der Waals surface area contributed by atoms with Crippen LogP contribution >= 0.6 is 11.6 Å². The zero-order chi connectivity index (χ0) is 13.7. The standard InChI is InChI=1S/C13H16ClNO3/c1-8(13(17)18)6-7-15-12(16)10-4-3-5-11(14)9(10)2/h3-5,8H,6-7H2,1-2H3,(H,15,16)(H,17,18). The maximum atomic E-state index is 11.9. The number of carbonyl (C=O) groups excluding carboxylic acids is 1. The maximum absolute atomic E-state index is 11.9. The Kier molecular flexibility index (Phi) is 5.16. The number of carboxylic acid groups (broad SMARTS) is 1. The van der Waals surface area contributed by atoms with Gasteiger partial charge in [0.25, 0.3) is 5.91 Å². The van der Waals surface area contributed by atoms with Gasteiger partial charge in [-0.05, 0) is 31.0 Å². The fourth-order valence-electron chi connectivity index (χ4n) is 1.47. The quantitative estimate of drug-likeness (QED) is 0.863. The van der Waals surface area contributed by atoms with Crippen molar-refractivity contribution in [1.82, 2.24) is 5.32 Å². The highest BCUT2D eigenvalue weighted by Gasteiger charge is 2.13. The number of halogens is 1. The van der Waals surface area contributed by atoms with Crippen LogP contribution in [0.1, 0.15) is 29.3 Å². The van der Waals surface area contributed by atoms with E-state index in [4.69, 9.17) is 16.7 Å². The molecule has 0 aliphatic rings. The van der Waals surface area contributed by atoms with E-state index in [1.165, 1.54) is 0 Å². The first kappa shape index (κ1) is 14.5. The van der Waals surface area contributed by atoms with Crippen LogP contribution in [0.2, 0.25) is 5.02 Å². The van der Waals surface area contributed by atoms with Crippen LogP contribution in [0, 0.1) is 12.8 Å². The van der Waals surface area contributed by atoms with E-state index in [0.717, 1.165) is 5.56 Å². The number of carboxylic acids is 1. The van der Waals surface area contributed by atoms with E-state index in [-0.39, 0.29) is 5.91 Å². The summed E-state index contributed by atoms with van der Waals surface area (Å²) in [5.41, 5.74) is 1.24. The van der Waals surface area contributed by atoms with Gasteiger partial charge in [0.15, 0.2) is 0 Å². The Morgan fingerprint density at radius 3 is 2.72 bits per heavy atom. The Labute approximate surface area is 111 Å². The summed E-state index contributed by atoms with van der Waals surface area (Å²) in [6, 6.07) is 5.13. The van der Waals surface area contributed by atoms with Gasteiger partial charge in [0.2, 0.25) is 0 Å². The second kappa shape index (κ2) is 6.40. The van der Waals surface area contributed by atoms with Crippen molar-refractivity contribution in [3.63, 3.8) is 0 Å². The molecule has 1 aromatic carbocycles. The molecule has 0 aromatic heterocycles. The first-order valence-electron chi connectivity index (χ1n) is 5.69. The summed E-state index contributed by atoms with van der Waals surface area (Å²) in [6.07, 6.45) is 0.403. The molecule has 0 radical (unpaired) electrons. The fraction of sp³-hybridized carbons (Fsp3) is 0.385. The van der Waals surface area contributed by atoms with Crippen LogP contribution < -0.4 is 5.32 Å². The maximum Gasteiger partial charge on any atom is 0.306 e. The third-order valence-corrected chi connectivity index (χ3v) is 3.21. The fourth-order valence-corrected chi connectivity index (χ4v) is 1.65. The number of hydrogen-bond acceptors (Lipinski definition) is 2. The lowest BCUT2D eigenvalue weighted by Crippen LogP contribution is -2.27. The number of benzene rings is 1. The summed E-state index contributed by atoms with van der Waals surface area (Å²) in [5.74, 6) is -1.55.